The number of carbonyl (C=O) groups excluding carboxylic acids is 1. The summed E-state index contributed by atoms with van der Waals surface area (Å²) in [5.41, 5.74) is 1.90. The van der Waals surface area contributed by atoms with Gasteiger partial charge in [-0.15, -0.1) is 0 Å². The first-order valence-corrected chi connectivity index (χ1v) is 6.60. The zero-order valence-corrected chi connectivity index (χ0v) is 11.7. The molecule has 0 saturated heterocycles. The van der Waals surface area contributed by atoms with E-state index in [1.807, 2.05) is 6.07 Å². The van der Waals surface area contributed by atoms with E-state index in [-0.39, 0.29) is 12.5 Å². The summed E-state index contributed by atoms with van der Waals surface area (Å²) in [5.74, 6) is 0.0605. The van der Waals surface area contributed by atoms with Crippen molar-refractivity contribution in [2.75, 3.05) is 11.9 Å². The lowest BCUT2D eigenvalue weighted by Gasteiger charge is -2.08. The van der Waals surface area contributed by atoms with E-state index in [4.69, 9.17) is 15.3 Å². The molecule has 5 heteroatoms. The van der Waals surface area contributed by atoms with Crippen LogP contribution in [0.3, 0.4) is 0 Å². The van der Waals surface area contributed by atoms with Crippen LogP contribution in [0.15, 0.2) is 48.5 Å². The molecule has 2 aromatic rings. The molecule has 1 N–H and O–H groups in total. The highest BCUT2D eigenvalue weighted by Crippen LogP contribution is 2.16. The quantitative estimate of drug-likeness (QED) is 0.917. The molecule has 0 aliphatic carbocycles. The fourth-order valence-electron chi connectivity index (χ4n) is 1.82. The predicted octanol–water partition coefficient (Wildman–Crippen LogP) is 2.64. The van der Waals surface area contributed by atoms with Crippen molar-refractivity contribution in [3.8, 4) is 17.9 Å². The smallest absolute Gasteiger partial charge is 0.262 e. The summed E-state index contributed by atoms with van der Waals surface area (Å²) >= 11 is 0. The molecule has 0 spiro atoms. The number of nitriles is 2. The highest BCUT2D eigenvalue weighted by atomic mass is 16.5. The Balaban J connectivity index is 1.90. The molecule has 0 saturated carbocycles. The van der Waals surface area contributed by atoms with E-state index >= 15 is 0 Å². The minimum atomic E-state index is -0.319. The zero-order chi connectivity index (χ0) is 15.8. The molecule has 0 bridgehead atoms. The van der Waals surface area contributed by atoms with Gasteiger partial charge in [-0.2, -0.15) is 10.5 Å². The van der Waals surface area contributed by atoms with Crippen molar-refractivity contribution in [2.24, 2.45) is 0 Å². The van der Waals surface area contributed by atoms with E-state index in [1.54, 1.807) is 48.5 Å². The topological polar surface area (TPSA) is 85.9 Å². The van der Waals surface area contributed by atoms with E-state index in [9.17, 15) is 4.79 Å². The molecule has 0 aromatic heterocycles. The second kappa shape index (κ2) is 7.47. The fraction of sp³-hybridized carbons (Fsp3) is 0.118. The molecule has 0 atom stereocenters. The lowest BCUT2D eigenvalue weighted by Crippen LogP contribution is -2.20. The maximum atomic E-state index is 11.8. The number of para-hydroxylation sites is 1. The van der Waals surface area contributed by atoms with E-state index in [2.05, 4.69) is 11.4 Å². The minimum absolute atomic E-state index is 0.182. The second-order valence-corrected chi connectivity index (χ2v) is 4.48. The van der Waals surface area contributed by atoms with Crippen LogP contribution >= 0.6 is 0 Å². The summed E-state index contributed by atoms with van der Waals surface area (Å²) in [5, 5.41) is 20.2. The number of hydrogen-bond donors (Lipinski definition) is 1. The number of ether oxygens (including phenoxy) is 1. The highest BCUT2D eigenvalue weighted by molar-refractivity contribution is 5.91. The number of nitrogens with one attached hydrogen (secondary N) is 1. The highest BCUT2D eigenvalue weighted by Gasteiger charge is 2.06. The summed E-state index contributed by atoms with van der Waals surface area (Å²) < 4.78 is 5.35. The first kappa shape index (κ1) is 15.1. The van der Waals surface area contributed by atoms with Gasteiger partial charge >= 0.3 is 0 Å². The molecule has 0 heterocycles. The Labute approximate surface area is 128 Å². The number of rotatable bonds is 5. The van der Waals surface area contributed by atoms with Gasteiger partial charge in [-0.1, -0.05) is 24.3 Å². The molecular weight excluding hydrogens is 278 g/mol. The van der Waals surface area contributed by atoms with Crippen LogP contribution in [0.1, 0.15) is 11.1 Å². The van der Waals surface area contributed by atoms with Crippen LogP contribution in [-0.2, 0) is 11.2 Å². The van der Waals surface area contributed by atoms with Crippen molar-refractivity contribution in [2.45, 2.75) is 6.42 Å². The molecule has 0 radical (unpaired) electrons. The van der Waals surface area contributed by atoms with Gasteiger partial charge in [0.15, 0.2) is 6.61 Å². The molecule has 0 fully saturated rings. The number of amides is 1. The monoisotopic (exact) mass is 291 g/mol. The van der Waals surface area contributed by atoms with Crippen LogP contribution in [0.2, 0.25) is 0 Å². The van der Waals surface area contributed by atoms with Crippen LogP contribution in [0.4, 0.5) is 5.69 Å². The van der Waals surface area contributed by atoms with Crippen molar-refractivity contribution in [1.29, 1.82) is 10.5 Å². The van der Waals surface area contributed by atoms with E-state index in [1.165, 1.54) is 0 Å². The minimum Gasteiger partial charge on any atom is -0.482 e. The summed E-state index contributed by atoms with van der Waals surface area (Å²) in [6, 6.07) is 17.8. The van der Waals surface area contributed by atoms with E-state index in [0.29, 0.717) is 23.4 Å². The Morgan fingerprint density at radius 2 is 1.82 bits per heavy atom. The summed E-state index contributed by atoms with van der Waals surface area (Å²) in [7, 11) is 0. The van der Waals surface area contributed by atoms with Gasteiger partial charge in [-0.05, 0) is 29.8 Å². The van der Waals surface area contributed by atoms with Crippen molar-refractivity contribution in [1.82, 2.24) is 0 Å². The van der Waals surface area contributed by atoms with Crippen LogP contribution in [0.5, 0.6) is 5.75 Å². The molecule has 1 amide bonds. The SMILES string of the molecule is N#CCc1ccc(NC(=O)COc2ccccc2C#N)cc1. The lowest BCUT2D eigenvalue weighted by molar-refractivity contribution is -0.118. The van der Waals surface area contributed by atoms with Gasteiger partial charge in [-0.3, -0.25) is 4.79 Å². The lowest BCUT2D eigenvalue weighted by atomic mass is 10.1. The van der Waals surface area contributed by atoms with Gasteiger partial charge in [0.1, 0.15) is 11.8 Å². The Kier molecular flexibility index (Phi) is 5.12. The largest absolute Gasteiger partial charge is 0.482 e. The van der Waals surface area contributed by atoms with Crippen LogP contribution in [0, 0.1) is 22.7 Å². The van der Waals surface area contributed by atoms with Crippen LogP contribution in [0.25, 0.3) is 0 Å². The van der Waals surface area contributed by atoms with Crippen molar-refractivity contribution < 1.29 is 9.53 Å². The summed E-state index contributed by atoms with van der Waals surface area (Å²) in [6.07, 6.45) is 0.336. The second-order valence-electron chi connectivity index (χ2n) is 4.48. The Morgan fingerprint density at radius 1 is 1.09 bits per heavy atom. The molecule has 2 rings (SSSR count). The third-order valence-electron chi connectivity index (χ3n) is 2.89. The standard InChI is InChI=1S/C17H13N3O2/c18-10-9-13-5-7-15(8-6-13)20-17(21)12-22-16-4-2-1-3-14(16)11-19/h1-8H,9,12H2,(H,20,21). The maximum absolute atomic E-state index is 11.8. The van der Waals surface area contributed by atoms with Crippen molar-refractivity contribution in [3.63, 3.8) is 0 Å². The third-order valence-corrected chi connectivity index (χ3v) is 2.89. The fourth-order valence-corrected chi connectivity index (χ4v) is 1.82. The average Bonchev–Trinajstić information content (AvgIpc) is 2.55. The zero-order valence-electron chi connectivity index (χ0n) is 11.7. The van der Waals surface area contributed by atoms with E-state index in [0.717, 1.165) is 5.56 Å². The number of anilines is 1. The summed E-state index contributed by atoms with van der Waals surface area (Å²) in [4.78, 5) is 11.8. The number of nitrogens with zero attached hydrogens (tertiary/aromatic N) is 2. The van der Waals surface area contributed by atoms with Gasteiger partial charge in [0, 0.05) is 5.69 Å². The summed E-state index contributed by atoms with van der Waals surface area (Å²) in [6.45, 7) is -0.182. The molecule has 2 aromatic carbocycles. The van der Waals surface area contributed by atoms with Gasteiger partial charge in [0.25, 0.3) is 5.91 Å². The molecule has 108 valence electrons. The molecule has 5 nitrogen and oxygen atoms in total. The van der Waals surface area contributed by atoms with Crippen LogP contribution < -0.4 is 10.1 Å². The molecule has 0 unspecified atom stereocenters. The van der Waals surface area contributed by atoms with Crippen molar-refractivity contribution in [3.05, 3.63) is 59.7 Å². The Hall–Kier alpha value is -3.31. The predicted molar refractivity (Wildman–Crippen MR) is 81.0 cm³/mol. The van der Waals surface area contributed by atoms with Gasteiger partial charge < -0.3 is 10.1 Å². The Bertz CT molecular complexity index is 740. The van der Waals surface area contributed by atoms with Gasteiger partial charge in [0.2, 0.25) is 0 Å². The van der Waals surface area contributed by atoms with Crippen molar-refractivity contribution >= 4 is 11.6 Å². The number of benzene rings is 2. The van der Waals surface area contributed by atoms with Crippen LogP contribution in [-0.4, -0.2) is 12.5 Å². The number of hydrogen-bond acceptors (Lipinski definition) is 4. The third kappa shape index (κ3) is 4.09. The molecule has 0 aliphatic rings. The Morgan fingerprint density at radius 3 is 2.50 bits per heavy atom. The van der Waals surface area contributed by atoms with Gasteiger partial charge in [0.05, 0.1) is 18.1 Å². The number of carbonyl (C=O) groups is 1. The van der Waals surface area contributed by atoms with E-state index < -0.39 is 0 Å². The normalized spacial score (nSPS) is 9.36. The van der Waals surface area contributed by atoms with Gasteiger partial charge in [-0.25, -0.2) is 0 Å². The molecule has 22 heavy (non-hydrogen) atoms. The molecular formula is C17H13N3O2. The first-order chi connectivity index (χ1) is 10.7. The molecule has 0 aliphatic heterocycles. The average molecular weight is 291 g/mol. The first-order valence-electron chi connectivity index (χ1n) is 6.60. The maximum Gasteiger partial charge on any atom is 0.262 e.